The van der Waals surface area contributed by atoms with E-state index in [4.69, 9.17) is 10.5 Å². The lowest BCUT2D eigenvalue weighted by Crippen LogP contribution is -2.42. The van der Waals surface area contributed by atoms with Crippen LogP contribution in [0.1, 0.15) is 25.7 Å². The van der Waals surface area contributed by atoms with E-state index in [-0.39, 0.29) is 6.61 Å². The second-order valence-electron chi connectivity index (χ2n) is 5.14. The fourth-order valence-corrected chi connectivity index (χ4v) is 2.62. The van der Waals surface area contributed by atoms with Crippen molar-refractivity contribution < 1.29 is 9.84 Å². The molecule has 0 aliphatic carbocycles. The highest BCUT2D eigenvalue weighted by Crippen LogP contribution is 2.17. The summed E-state index contributed by atoms with van der Waals surface area (Å²) in [5.41, 5.74) is 6.43. The van der Waals surface area contributed by atoms with E-state index in [9.17, 15) is 5.11 Å². The van der Waals surface area contributed by atoms with Crippen molar-refractivity contribution in [2.24, 2.45) is 0 Å². The first kappa shape index (κ1) is 14.2. The third kappa shape index (κ3) is 4.40. The molecule has 0 amide bonds. The third-order valence-corrected chi connectivity index (χ3v) is 3.68. The van der Waals surface area contributed by atoms with Crippen molar-refractivity contribution in [3.05, 3.63) is 24.3 Å². The number of piperidine rings is 1. The minimum atomic E-state index is 0.274. The summed E-state index contributed by atoms with van der Waals surface area (Å²) in [6, 6.07) is 7.87. The monoisotopic (exact) mass is 264 g/mol. The Balaban J connectivity index is 1.68. The van der Waals surface area contributed by atoms with Crippen LogP contribution in [-0.2, 0) is 0 Å². The van der Waals surface area contributed by atoms with Crippen LogP contribution in [0.15, 0.2) is 24.3 Å². The van der Waals surface area contributed by atoms with E-state index < -0.39 is 0 Å². The summed E-state index contributed by atoms with van der Waals surface area (Å²) in [4.78, 5) is 2.38. The van der Waals surface area contributed by atoms with E-state index in [0.717, 1.165) is 37.4 Å². The van der Waals surface area contributed by atoms with Crippen molar-refractivity contribution in [2.45, 2.75) is 31.7 Å². The average Bonchev–Trinajstić information content (AvgIpc) is 2.44. The van der Waals surface area contributed by atoms with Crippen LogP contribution in [0.4, 0.5) is 5.69 Å². The summed E-state index contributed by atoms with van der Waals surface area (Å²) in [5.74, 6) is 0.831. The van der Waals surface area contributed by atoms with E-state index in [1.165, 1.54) is 12.8 Å². The lowest BCUT2D eigenvalue weighted by atomic mass is 10.0. The molecular formula is C15H24N2O2. The summed E-state index contributed by atoms with van der Waals surface area (Å²) < 4.78 is 5.68. The number of aliphatic hydroxyl groups is 1. The summed E-state index contributed by atoms with van der Waals surface area (Å²) in [5, 5.41) is 9.34. The van der Waals surface area contributed by atoms with Gasteiger partial charge in [0, 0.05) is 24.3 Å². The van der Waals surface area contributed by atoms with E-state index in [0.29, 0.717) is 12.6 Å². The fraction of sp³-hybridized carbons (Fsp3) is 0.600. The van der Waals surface area contributed by atoms with Crippen LogP contribution in [0.5, 0.6) is 5.75 Å². The van der Waals surface area contributed by atoms with Crippen LogP contribution in [0.3, 0.4) is 0 Å². The van der Waals surface area contributed by atoms with E-state index in [2.05, 4.69) is 4.90 Å². The Morgan fingerprint density at radius 2 is 2.26 bits per heavy atom. The number of likely N-dealkylation sites (tertiary alicyclic amines) is 1. The number of ether oxygens (including phenoxy) is 1. The van der Waals surface area contributed by atoms with Gasteiger partial charge in [-0.15, -0.1) is 0 Å². The molecule has 1 unspecified atom stereocenters. The van der Waals surface area contributed by atoms with Crippen LogP contribution in [-0.4, -0.2) is 42.4 Å². The van der Waals surface area contributed by atoms with Crippen LogP contribution in [0.25, 0.3) is 0 Å². The molecular weight excluding hydrogens is 240 g/mol. The van der Waals surface area contributed by atoms with Gasteiger partial charge in [-0.1, -0.05) is 12.5 Å². The van der Waals surface area contributed by atoms with Gasteiger partial charge >= 0.3 is 0 Å². The van der Waals surface area contributed by atoms with E-state index >= 15 is 0 Å². The molecule has 0 saturated carbocycles. The van der Waals surface area contributed by atoms with Gasteiger partial charge < -0.3 is 15.6 Å². The van der Waals surface area contributed by atoms with E-state index in [1.54, 1.807) is 0 Å². The van der Waals surface area contributed by atoms with Crippen molar-refractivity contribution in [3.8, 4) is 5.75 Å². The average molecular weight is 264 g/mol. The molecule has 1 heterocycles. The maximum absolute atomic E-state index is 9.34. The van der Waals surface area contributed by atoms with Gasteiger partial charge in [0.05, 0.1) is 13.2 Å². The number of benzene rings is 1. The molecule has 1 aromatic carbocycles. The van der Waals surface area contributed by atoms with Gasteiger partial charge in [-0.05, 0) is 37.9 Å². The SMILES string of the molecule is Nc1cccc(OCCCN2CCCCC2CO)c1. The normalized spacial score (nSPS) is 20.4. The smallest absolute Gasteiger partial charge is 0.121 e. The Bertz CT molecular complexity index is 384. The van der Waals surface area contributed by atoms with Crippen molar-refractivity contribution in [1.82, 2.24) is 4.90 Å². The number of nitrogen functional groups attached to an aromatic ring is 1. The quantitative estimate of drug-likeness (QED) is 0.608. The standard InChI is InChI=1S/C15H24N2O2/c16-13-5-3-7-15(11-13)19-10-4-9-17-8-2-1-6-14(17)12-18/h3,5,7,11,14,18H,1-2,4,6,8-10,12,16H2. The molecule has 106 valence electrons. The molecule has 2 rings (SSSR count). The van der Waals surface area contributed by atoms with Crippen molar-refractivity contribution >= 4 is 5.69 Å². The van der Waals surface area contributed by atoms with Gasteiger partial charge in [-0.25, -0.2) is 0 Å². The van der Waals surface area contributed by atoms with Crippen LogP contribution >= 0.6 is 0 Å². The number of nitrogens with zero attached hydrogens (tertiary/aromatic N) is 1. The molecule has 0 bridgehead atoms. The molecule has 1 atom stereocenters. The molecule has 0 spiro atoms. The highest BCUT2D eigenvalue weighted by atomic mass is 16.5. The molecule has 3 N–H and O–H groups in total. The summed E-state index contributed by atoms with van der Waals surface area (Å²) in [6.07, 6.45) is 4.58. The zero-order valence-corrected chi connectivity index (χ0v) is 11.4. The van der Waals surface area contributed by atoms with Crippen molar-refractivity contribution in [3.63, 3.8) is 0 Å². The largest absolute Gasteiger partial charge is 0.493 e. The number of hydrogen-bond acceptors (Lipinski definition) is 4. The number of anilines is 1. The summed E-state index contributed by atoms with van der Waals surface area (Å²) in [7, 11) is 0. The van der Waals surface area contributed by atoms with Gasteiger partial charge in [0.1, 0.15) is 5.75 Å². The Morgan fingerprint density at radius 1 is 1.37 bits per heavy atom. The molecule has 19 heavy (non-hydrogen) atoms. The van der Waals surface area contributed by atoms with Gasteiger partial charge in [0.2, 0.25) is 0 Å². The Morgan fingerprint density at radius 3 is 3.05 bits per heavy atom. The minimum Gasteiger partial charge on any atom is -0.493 e. The van der Waals surface area contributed by atoms with Gasteiger partial charge in [0.15, 0.2) is 0 Å². The lowest BCUT2D eigenvalue weighted by Gasteiger charge is -2.34. The minimum absolute atomic E-state index is 0.274. The van der Waals surface area contributed by atoms with Gasteiger partial charge in [-0.3, -0.25) is 4.90 Å². The van der Waals surface area contributed by atoms with Crippen molar-refractivity contribution in [2.75, 3.05) is 32.0 Å². The molecule has 1 aromatic rings. The molecule has 1 fully saturated rings. The Hall–Kier alpha value is -1.26. The molecule has 4 heteroatoms. The number of rotatable bonds is 6. The second kappa shape index (κ2) is 7.36. The number of hydrogen-bond donors (Lipinski definition) is 2. The molecule has 1 aliphatic rings. The summed E-state index contributed by atoms with van der Waals surface area (Å²) in [6.45, 7) is 3.06. The second-order valence-corrected chi connectivity index (χ2v) is 5.14. The highest BCUT2D eigenvalue weighted by molar-refractivity contribution is 5.43. The summed E-state index contributed by atoms with van der Waals surface area (Å²) >= 11 is 0. The lowest BCUT2D eigenvalue weighted by molar-refractivity contribution is 0.0851. The first-order chi connectivity index (χ1) is 9.29. The van der Waals surface area contributed by atoms with Crippen LogP contribution in [0.2, 0.25) is 0 Å². The van der Waals surface area contributed by atoms with Crippen LogP contribution < -0.4 is 10.5 Å². The maximum Gasteiger partial charge on any atom is 0.121 e. The van der Waals surface area contributed by atoms with Crippen LogP contribution in [0, 0.1) is 0 Å². The number of aliphatic hydroxyl groups excluding tert-OH is 1. The molecule has 1 saturated heterocycles. The molecule has 4 nitrogen and oxygen atoms in total. The first-order valence-electron chi connectivity index (χ1n) is 7.13. The Kier molecular flexibility index (Phi) is 5.48. The molecule has 1 aliphatic heterocycles. The molecule has 0 aromatic heterocycles. The van der Waals surface area contributed by atoms with Gasteiger partial charge in [-0.2, -0.15) is 0 Å². The predicted molar refractivity (Wildman–Crippen MR) is 77.3 cm³/mol. The zero-order chi connectivity index (χ0) is 13.5. The first-order valence-corrected chi connectivity index (χ1v) is 7.13. The molecule has 0 radical (unpaired) electrons. The fourth-order valence-electron chi connectivity index (χ4n) is 2.62. The third-order valence-electron chi connectivity index (χ3n) is 3.68. The van der Waals surface area contributed by atoms with Gasteiger partial charge in [0.25, 0.3) is 0 Å². The zero-order valence-electron chi connectivity index (χ0n) is 11.4. The topological polar surface area (TPSA) is 58.7 Å². The van der Waals surface area contributed by atoms with Crippen molar-refractivity contribution in [1.29, 1.82) is 0 Å². The highest BCUT2D eigenvalue weighted by Gasteiger charge is 2.20. The Labute approximate surface area is 115 Å². The maximum atomic E-state index is 9.34. The predicted octanol–water partition coefficient (Wildman–Crippen LogP) is 1.88. The number of nitrogens with two attached hydrogens (primary N) is 1. The van der Waals surface area contributed by atoms with E-state index in [1.807, 2.05) is 24.3 Å².